The number of rotatable bonds is 7. The molecular weight excluding hydrogens is 552 g/mol. The van der Waals surface area contributed by atoms with Gasteiger partial charge in [-0.2, -0.15) is 4.89 Å². The van der Waals surface area contributed by atoms with Crippen molar-refractivity contribution < 1.29 is 24.4 Å². The molecule has 8 heteroatoms. The number of hydrogen-bond donors (Lipinski definition) is 1. The molecule has 1 atom stereocenters. The first kappa shape index (κ1) is 30.0. The molecule has 0 bridgehead atoms. The molecule has 3 aliphatic rings. The minimum Gasteiger partial charge on any atom is -0.438 e. The van der Waals surface area contributed by atoms with E-state index in [1.807, 2.05) is 75.4 Å². The van der Waals surface area contributed by atoms with Gasteiger partial charge in [-0.05, 0) is 87.6 Å². The Labute approximate surface area is 252 Å². The Hall–Kier alpha value is -3.49. The van der Waals surface area contributed by atoms with E-state index in [0.717, 1.165) is 48.3 Å². The molecule has 0 amide bonds. The zero-order valence-electron chi connectivity index (χ0n) is 24.3. The van der Waals surface area contributed by atoms with Crippen molar-refractivity contribution in [2.24, 2.45) is 5.92 Å². The highest BCUT2D eigenvalue weighted by molar-refractivity contribution is 6.30. The fraction of sp³-hybridized carbons (Fsp3) is 0.353. The van der Waals surface area contributed by atoms with Crippen LogP contribution in [0.2, 0.25) is 5.02 Å². The van der Waals surface area contributed by atoms with Gasteiger partial charge in [-0.3, -0.25) is 4.89 Å². The fourth-order valence-corrected chi connectivity index (χ4v) is 5.37. The van der Waals surface area contributed by atoms with Crippen molar-refractivity contribution >= 4 is 23.1 Å². The van der Waals surface area contributed by atoms with Gasteiger partial charge in [0.1, 0.15) is 11.4 Å². The number of carbonyl (C=O) groups is 1. The average Bonchev–Trinajstić information content (AvgIpc) is 3.13. The van der Waals surface area contributed by atoms with E-state index in [1.165, 1.54) is 6.08 Å². The van der Waals surface area contributed by atoms with Gasteiger partial charge in [-0.15, -0.1) is 0 Å². The number of piperidine rings is 1. The monoisotopic (exact) mass is 588 g/mol. The number of allylic oxidation sites excluding steroid dienone is 7. The van der Waals surface area contributed by atoms with Crippen LogP contribution in [0.25, 0.3) is 5.57 Å². The van der Waals surface area contributed by atoms with Gasteiger partial charge < -0.3 is 14.7 Å². The molecule has 1 N–H and O–H groups in total. The van der Waals surface area contributed by atoms with E-state index in [0.29, 0.717) is 29.5 Å². The quantitative estimate of drug-likeness (QED) is 0.219. The molecule has 2 aromatic rings. The molecular formula is C34H37ClN2O5. The van der Waals surface area contributed by atoms with Crippen molar-refractivity contribution in [3.8, 4) is 5.88 Å². The highest BCUT2D eigenvalue weighted by Crippen LogP contribution is 2.38. The van der Waals surface area contributed by atoms with Crippen LogP contribution in [0, 0.1) is 5.92 Å². The zero-order chi connectivity index (χ0) is 29.7. The molecule has 5 rings (SSSR count). The molecule has 2 aliphatic heterocycles. The third-order valence-electron chi connectivity index (χ3n) is 7.50. The number of halogens is 1. The van der Waals surface area contributed by atoms with Crippen LogP contribution in [-0.4, -0.2) is 46.2 Å². The van der Waals surface area contributed by atoms with Crippen LogP contribution in [0.5, 0.6) is 5.88 Å². The lowest BCUT2D eigenvalue weighted by molar-refractivity contribution is -0.316. The summed E-state index contributed by atoms with van der Waals surface area (Å²) in [5, 5.41) is 11.9. The largest absolute Gasteiger partial charge is 0.438 e. The Balaban J connectivity index is 1.29. The molecule has 3 heterocycles. The van der Waals surface area contributed by atoms with Crippen LogP contribution in [0.3, 0.4) is 0 Å². The van der Waals surface area contributed by atoms with Crippen LogP contribution in [0.1, 0.15) is 51.2 Å². The minimum absolute atomic E-state index is 0.197. The van der Waals surface area contributed by atoms with Gasteiger partial charge in [-0.1, -0.05) is 48.0 Å². The SMILES string of the molecule is CC(C)(C)OOC(=O)C=CC1C=CC=C2Oc3ncccc3C(=CCCN3CCC(O)(c4ccc(Cl)cc4)CC3)C=C21. The number of ether oxygens (including phenoxy) is 1. The third kappa shape index (κ3) is 7.47. The second-order valence-electron chi connectivity index (χ2n) is 11.8. The molecule has 220 valence electrons. The van der Waals surface area contributed by atoms with Crippen LogP contribution < -0.4 is 4.74 Å². The van der Waals surface area contributed by atoms with Crippen molar-refractivity contribution in [1.82, 2.24) is 9.88 Å². The number of carbonyl (C=O) groups excluding carboxylic acids is 1. The average molecular weight is 589 g/mol. The van der Waals surface area contributed by atoms with Crippen LogP contribution in [0.4, 0.5) is 0 Å². The Kier molecular flexibility index (Phi) is 9.13. The topological polar surface area (TPSA) is 81.1 Å². The highest BCUT2D eigenvalue weighted by Gasteiger charge is 2.33. The van der Waals surface area contributed by atoms with Gasteiger partial charge in [0.25, 0.3) is 0 Å². The lowest BCUT2D eigenvalue weighted by Crippen LogP contribution is -2.42. The first-order chi connectivity index (χ1) is 20.1. The van der Waals surface area contributed by atoms with Crippen LogP contribution >= 0.6 is 11.6 Å². The molecule has 1 aromatic heterocycles. The normalized spacial score (nSPS) is 21.2. The van der Waals surface area contributed by atoms with Crippen molar-refractivity contribution in [3.63, 3.8) is 0 Å². The van der Waals surface area contributed by atoms with E-state index < -0.39 is 17.2 Å². The Morgan fingerprint density at radius 3 is 2.71 bits per heavy atom. The number of likely N-dealkylation sites (tertiary alicyclic amines) is 1. The lowest BCUT2D eigenvalue weighted by atomic mass is 9.84. The maximum Gasteiger partial charge on any atom is 0.365 e. The highest BCUT2D eigenvalue weighted by atomic mass is 35.5. The summed E-state index contributed by atoms with van der Waals surface area (Å²) >= 11 is 6.04. The van der Waals surface area contributed by atoms with Crippen molar-refractivity contribution in [3.05, 3.63) is 113 Å². The van der Waals surface area contributed by atoms with E-state index in [4.69, 9.17) is 26.1 Å². The van der Waals surface area contributed by atoms with Gasteiger partial charge in [0.05, 0.1) is 5.60 Å². The van der Waals surface area contributed by atoms with E-state index in [1.54, 1.807) is 12.3 Å². The predicted octanol–water partition coefficient (Wildman–Crippen LogP) is 6.71. The number of nitrogens with zero attached hydrogens (tertiary/aromatic N) is 2. The van der Waals surface area contributed by atoms with Gasteiger partial charge in [0.15, 0.2) is 0 Å². The Morgan fingerprint density at radius 1 is 1.21 bits per heavy atom. The molecule has 1 saturated heterocycles. The Morgan fingerprint density at radius 2 is 1.98 bits per heavy atom. The van der Waals surface area contributed by atoms with Crippen LogP contribution in [-0.2, 0) is 20.2 Å². The summed E-state index contributed by atoms with van der Waals surface area (Å²) in [5.74, 6) is 0.461. The van der Waals surface area contributed by atoms with Gasteiger partial charge >= 0.3 is 5.97 Å². The number of benzene rings is 1. The first-order valence-electron chi connectivity index (χ1n) is 14.3. The smallest absolute Gasteiger partial charge is 0.365 e. The van der Waals surface area contributed by atoms with Crippen molar-refractivity contribution in [2.75, 3.05) is 19.6 Å². The first-order valence-corrected chi connectivity index (χ1v) is 14.7. The molecule has 42 heavy (non-hydrogen) atoms. The molecule has 0 radical (unpaired) electrons. The van der Waals surface area contributed by atoms with E-state index in [2.05, 4.69) is 22.0 Å². The number of aliphatic hydroxyl groups is 1. The van der Waals surface area contributed by atoms with E-state index in [9.17, 15) is 9.90 Å². The van der Waals surface area contributed by atoms with Gasteiger partial charge in [0.2, 0.25) is 5.88 Å². The molecule has 0 saturated carbocycles. The third-order valence-corrected chi connectivity index (χ3v) is 7.75. The van der Waals surface area contributed by atoms with E-state index >= 15 is 0 Å². The van der Waals surface area contributed by atoms with Crippen molar-refractivity contribution in [2.45, 2.75) is 51.2 Å². The summed E-state index contributed by atoms with van der Waals surface area (Å²) in [7, 11) is 0. The predicted molar refractivity (Wildman–Crippen MR) is 163 cm³/mol. The molecule has 0 spiro atoms. The number of pyridine rings is 1. The van der Waals surface area contributed by atoms with Gasteiger partial charge in [-0.25, -0.2) is 9.78 Å². The number of fused-ring (bicyclic) bond motifs is 2. The summed E-state index contributed by atoms with van der Waals surface area (Å²) in [6, 6.07) is 11.4. The van der Waals surface area contributed by atoms with Crippen molar-refractivity contribution in [1.29, 1.82) is 0 Å². The second-order valence-corrected chi connectivity index (χ2v) is 12.2. The Bertz CT molecular complexity index is 1440. The summed E-state index contributed by atoms with van der Waals surface area (Å²) in [4.78, 5) is 29.2. The summed E-state index contributed by atoms with van der Waals surface area (Å²) in [6.45, 7) is 7.92. The second kappa shape index (κ2) is 12.8. The minimum atomic E-state index is -0.821. The maximum absolute atomic E-state index is 12.3. The zero-order valence-corrected chi connectivity index (χ0v) is 25.0. The van der Waals surface area contributed by atoms with Gasteiger partial charge in [0, 0.05) is 54.0 Å². The number of hydrogen-bond acceptors (Lipinski definition) is 7. The molecule has 1 aliphatic carbocycles. The lowest BCUT2D eigenvalue weighted by Gasteiger charge is -2.38. The summed E-state index contributed by atoms with van der Waals surface area (Å²) < 4.78 is 6.26. The molecule has 1 aromatic carbocycles. The molecule has 1 unspecified atom stereocenters. The molecule has 7 nitrogen and oxygen atoms in total. The number of aromatic nitrogens is 1. The maximum atomic E-state index is 12.3. The van der Waals surface area contributed by atoms with E-state index in [-0.39, 0.29) is 5.92 Å². The molecule has 1 fully saturated rings. The summed E-state index contributed by atoms with van der Waals surface area (Å²) in [5.41, 5.74) is 2.36. The standard InChI is InChI=1S/C34H37ClN2O5/c1-33(2,3)42-41-31(38)16-11-24-7-4-10-30-29(24)23-25(28-9-5-19-36-32(28)40-30)8-6-20-37-21-17-34(39,18-22-37)26-12-14-27(35)15-13-26/h4-5,7-16,19,23-24,39H,6,17-18,20-22H2,1-3H3. The summed E-state index contributed by atoms with van der Waals surface area (Å²) in [6.07, 6.45) is 17.2. The fourth-order valence-electron chi connectivity index (χ4n) is 5.24. The van der Waals surface area contributed by atoms with Crippen LogP contribution in [0.15, 0.2) is 96.5 Å².